The number of rotatable bonds is 1. The molecule has 0 aliphatic heterocycles. The average Bonchev–Trinajstić information content (AvgIpc) is 2.43. The van der Waals surface area contributed by atoms with E-state index in [1.54, 1.807) is 0 Å². The van der Waals surface area contributed by atoms with Gasteiger partial charge in [0, 0.05) is 5.56 Å². The zero-order valence-electron chi connectivity index (χ0n) is 10.2. The summed E-state index contributed by atoms with van der Waals surface area (Å²) in [5.74, 6) is 0.614. The van der Waals surface area contributed by atoms with Crippen LogP contribution in [0.2, 0.25) is 10.2 Å². The summed E-state index contributed by atoms with van der Waals surface area (Å²) in [7, 11) is 0. The second-order valence-corrected chi connectivity index (χ2v) is 5.06. The lowest BCUT2D eigenvalue weighted by Gasteiger charge is -2.08. The molecule has 2 nitrogen and oxygen atoms in total. The van der Waals surface area contributed by atoms with E-state index >= 15 is 0 Å². The topological polar surface area (TPSA) is 25.8 Å². The Morgan fingerprint density at radius 3 is 2.37 bits per heavy atom. The van der Waals surface area contributed by atoms with E-state index in [0.29, 0.717) is 21.4 Å². The summed E-state index contributed by atoms with van der Waals surface area (Å²) < 4.78 is 0. The molecular formula is C15H10Cl2N2. The van der Waals surface area contributed by atoms with Gasteiger partial charge in [-0.1, -0.05) is 59.6 Å². The largest absolute Gasteiger partial charge is 0.228 e. The van der Waals surface area contributed by atoms with E-state index in [1.807, 2.05) is 49.4 Å². The second-order valence-electron chi connectivity index (χ2n) is 4.29. The highest BCUT2D eigenvalue weighted by atomic mass is 35.5. The maximum absolute atomic E-state index is 6.25. The molecule has 0 radical (unpaired) electrons. The Kier molecular flexibility index (Phi) is 3.13. The maximum Gasteiger partial charge on any atom is 0.161 e. The molecule has 0 bridgehead atoms. The lowest BCUT2D eigenvalue weighted by molar-refractivity contribution is 1.22. The predicted octanol–water partition coefficient (Wildman–Crippen LogP) is 4.91. The molecule has 1 aromatic heterocycles. The van der Waals surface area contributed by atoms with Crippen molar-refractivity contribution in [3.05, 3.63) is 58.2 Å². The predicted molar refractivity (Wildman–Crippen MR) is 79.7 cm³/mol. The van der Waals surface area contributed by atoms with Crippen LogP contribution in [0.25, 0.3) is 22.3 Å². The summed E-state index contributed by atoms with van der Waals surface area (Å²) in [4.78, 5) is 8.93. The number of aromatic nitrogens is 2. The number of fused-ring (bicyclic) bond motifs is 1. The van der Waals surface area contributed by atoms with Crippen LogP contribution in [0.1, 0.15) is 5.56 Å². The van der Waals surface area contributed by atoms with Crippen LogP contribution in [0.5, 0.6) is 0 Å². The van der Waals surface area contributed by atoms with Gasteiger partial charge in [0.25, 0.3) is 0 Å². The monoisotopic (exact) mass is 288 g/mol. The van der Waals surface area contributed by atoms with Crippen molar-refractivity contribution >= 4 is 34.1 Å². The van der Waals surface area contributed by atoms with Crippen molar-refractivity contribution in [1.82, 2.24) is 9.97 Å². The van der Waals surface area contributed by atoms with Gasteiger partial charge in [0.1, 0.15) is 5.15 Å². The Labute approximate surface area is 121 Å². The summed E-state index contributed by atoms with van der Waals surface area (Å²) >= 11 is 12.4. The number of halogens is 2. The van der Waals surface area contributed by atoms with Gasteiger partial charge in [0.2, 0.25) is 0 Å². The molecule has 0 spiro atoms. The van der Waals surface area contributed by atoms with Crippen LogP contribution < -0.4 is 0 Å². The van der Waals surface area contributed by atoms with E-state index < -0.39 is 0 Å². The Bertz CT molecular complexity index is 755. The van der Waals surface area contributed by atoms with E-state index in [9.17, 15) is 0 Å². The third-order valence-electron chi connectivity index (χ3n) is 2.99. The average molecular weight is 289 g/mol. The summed E-state index contributed by atoms with van der Waals surface area (Å²) in [5.41, 5.74) is 2.76. The number of nitrogens with zero attached hydrogens (tertiary/aromatic N) is 2. The number of hydrogen-bond donors (Lipinski definition) is 0. The van der Waals surface area contributed by atoms with Crippen molar-refractivity contribution in [3.63, 3.8) is 0 Å². The minimum absolute atomic E-state index is 0.387. The molecule has 0 fully saturated rings. The van der Waals surface area contributed by atoms with Gasteiger partial charge in [-0.3, -0.25) is 0 Å². The van der Waals surface area contributed by atoms with Crippen LogP contribution in [-0.2, 0) is 0 Å². The molecule has 0 unspecified atom stereocenters. The van der Waals surface area contributed by atoms with E-state index in [2.05, 4.69) is 9.97 Å². The third-order valence-corrected chi connectivity index (χ3v) is 3.58. The molecular weight excluding hydrogens is 279 g/mol. The maximum atomic E-state index is 6.25. The van der Waals surface area contributed by atoms with Gasteiger partial charge >= 0.3 is 0 Å². The lowest BCUT2D eigenvalue weighted by atomic mass is 10.1. The summed E-state index contributed by atoms with van der Waals surface area (Å²) in [6.07, 6.45) is 0. The first-order chi connectivity index (χ1) is 9.16. The Morgan fingerprint density at radius 2 is 1.63 bits per heavy atom. The van der Waals surface area contributed by atoms with Gasteiger partial charge in [-0.05, 0) is 18.6 Å². The Hall–Kier alpha value is -1.64. The van der Waals surface area contributed by atoms with Gasteiger partial charge in [-0.25, -0.2) is 9.97 Å². The van der Waals surface area contributed by atoms with Crippen molar-refractivity contribution in [2.24, 2.45) is 0 Å². The molecule has 19 heavy (non-hydrogen) atoms. The molecule has 0 saturated heterocycles. The quantitative estimate of drug-likeness (QED) is 0.595. The van der Waals surface area contributed by atoms with Crippen LogP contribution in [0.15, 0.2) is 42.5 Å². The first kappa shape index (κ1) is 12.4. The lowest BCUT2D eigenvalue weighted by Crippen LogP contribution is -1.94. The van der Waals surface area contributed by atoms with Crippen LogP contribution in [0, 0.1) is 6.92 Å². The van der Waals surface area contributed by atoms with Gasteiger partial charge in [0.05, 0.1) is 15.9 Å². The van der Waals surface area contributed by atoms with Crippen LogP contribution in [0.3, 0.4) is 0 Å². The van der Waals surface area contributed by atoms with Crippen LogP contribution in [-0.4, -0.2) is 9.97 Å². The molecule has 0 saturated carbocycles. The van der Waals surface area contributed by atoms with E-state index in [-0.39, 0.29) is 0 Å². The van der Waals surface area contributed by atoms with Crippen molar-refractivity contribution in [3.8, 4) is 11.4 Å². The summed E-state index contributed by atoms with van der Waals surface area (Å²) in [6.45, 7) is 1.98. The number of benzene rings is 2. The van der Waals surface area contributed by atoms with Crippen LogP contribution in [0.4, 0.5) is 0 Å². The highest BCUT2D eigenvalue weighted by Crippen LogP contribution is 2.32. The number of hydrogen-bond acceptors (Lipinski definition) is 2. The minimum Gasteiger partial charge on any atom is -0.228 e. The summed E-state index contributed by atoms with van der Waals surface area (Å²) in [5, 5.41) is 1.67. The highest BCUT2D eigenvalue weighted by molar-refractivity contribution is 6.41. The van der Waals surface area contributed by atoms with Gasteiger partial charge < -0.3 is 0 Å². The normalized spacial score (nSPS) is 10.9. The van der Waals surface area contributed by atoms with Crippen molar-refractivity contribution in [1.29, 1.82) is 0 Å². The standard InChI is InChI=1S/C15H10Cl2N2/c1-9-7-8-11(16)12-13(9)18-15(19-14(12)17)10-5-3-2-4-6-10/h2-8H,1H3. The molecule has 94 valence electrons. The minimum atomic E-state index is 0.387. The molecule has 0 aliphatic rings. The zero-order valence-corrected chi connectivity index (χ0v) is 11.7. The molecule has 1 heterocycles. The molecule has 0 amide bonds. The number of aryl methyl sites for hydroxylation is 1. The van der Waals surface area contributed by atoms with Crippen LogP contribution >= 0.6 is 23.2 Å². The van der Waals surface area contributed by atoms with E-state index in [1.165, 1.54) is 0 Å². The molecule has 2 aromatic carbocycles. The smallest absolute Gasteiger partial charge is 0.161 e. The molecule has 0 atom stereocenters. The van der Waals surface area contributed by atoms with Crippen molar-refractivity contribution < 1.29 is 0 Å². The van der Waals surface area contributed by atoms with E-state index in [4.69, 9.17) is 23.2 Å². The molecule has 4 heteroatoms. The first-order valence-electron chi connectivity index (χ1n) is 5.84. The first-order valence-corrected chi connectivity index (χ1v) is 6.60. The van der Waals surface area contributed by atoms with Crippen molar-refractivity contribution in [2.45, 2.75) is 6.92 Å². The van der Waals surface area contributed by atoms with Gasteiger partial charge in [0.15, 0.2) is 5.82 Å². The SMILES string of the molecule is Cc1ccc(Cl)c2c(Cl)nc(-c3ccccc3)nc12. The fraction of sp³-hybridized carbons (Fsp3) is 0.0667. The Balaban J connectivity index is 2.34. The van der Waals surface area contributed by atoms with Gasteiger partial charge in [-0.15, -0.1) is 0 Å². The molecule has 0 N–H and O–H groups in total. The van der Waals surface area contributed by atoms with Crippen molar-refractivity contribution in [2.75, 3.05) is 0 Å². The zero-order chi connectivity index (χ0) is 13.4. The van der Waals surface area contributed by atoms with E-state index in [0.717, 1.165) is 16.6 Å². The Morgan fingerprint density at radius 1 is 0.895 bits per heavy atom. The van der Waals surface area contributed by atoms with Gasteiger partial charge in [-0.2, -0.15) is 0 Å². The third kappa shape index (κ3) is 2.18. The molecule has 0 aliphatic carbocycles. The summed E-state index contributed by atoms with van der Waals surface area (Å²) in [6, 6.07) is 13.5. The molecule has 3 aromatic rings. The fourth-order valence-electron chi connectivity index (χ4n) is 2.01. The highest BCUT2D eigenvalue weighted by Gasteiger charge is 2.12. The fourth-order valence-corrected chi connectivity index (χ4v) is 2.57. The molecule has 3 rings (SSSR count). The second kappa shape index (κ2) is 4.80.